The van der Waals surface area contributed by atoms with E-state index in [0.717, 1.165) is 11.1 Å². The average molecular weight is 469 g/mol. The lowest BCUT2D eigenvalue weighted by Crippen LogP contribution is -2.29. The van der Waals surface area contributed by atoms with Crippen molar-refractivity contribution < 1.29 is 16.8 Å². The SMILES string of the molecule is Cc1ccc(S(=O)(=O)N2CC=C(C#CC3=CCN(S(=O)(=O)c4ccc(C)cc4)C3)C2)cc1. The first-order valence-electron chi connectivity index (χ1n) is 10.2. The van der Waals surface area contributed by atoms with Gasteiger partial charge in [-0.25, -0.2) is 16.8 Å². The van der Waals surface area contributed by atoms with E-state index in [1.54, 1.807) is 60.7 Å². The Balaban J connectivity index is 1.40. The lowest BCUT2D eigenvalue weighted by atomic mass is 10.2. The van der Waals surface area contributed by atoms with E-state index in [4.69, 9.17) is 0 Å². The molecule has 2 aromatic rings. The maximum atomic E-state index is 12.8. The molecule has 0 fully saturated rings. The normalized spacial score (nSPS) is 17.6. The minimum Gasteiger partial charge on any atom is -0.207 e. The largest absolute Gasteiger partial charge is 0.243 e. The molecule has 166 valence electrons. The molecule has 0 atom stereocenters. The second-order valence-electron chi connectivity index (χ2n) is 7.93. The highest BCUT2D eigenvalue weighted by molar-refractivity contribution is 7.89. The van der Waals surface area contributed by atoms with Crippen LogP contribution in [-0.2, 0) is 20.0 Å². The van der Waals surface area contributed by atoms with Crippen LogP contribution in [0, 0.1) is 25.7 Å². The van der Waals surface area contributed by atoms with E-state index in [-0.39, 0.29) is 36.0 Å². The van der Waals surface area contributed by atoms with Gasteiger partial charge in [0.1, 0.15) is 0 Å². The van der Waals surface area contributed by atoms with Crippen molar-refractivity contribution in [3.63, 3.8) is 0 Å². The van der Waals surface area contributed by atoms with Crippen molar-refractivity contribution in [1.29, 1.82) is 0 Å². The summed E-state index contributed by atoms with van der Waals surface area (Å²) in [5.41, 5.74) is 3.42. The minimum atomic E-state index is -3.58. The Hall–Kier alpha value is -2.70. The highest BCUT2D eigenvalue weighted by Crippen LogP contribution is 2.23. The van der Waals surface area contributed by atoms with Gasteiger partial charge in [-0.05, 0) is 38.1 Å². The van der Waals surface area contributed by atoms with Gasteiger partial charge in [-0.2, -0.15) is 8.61 Å². The van der Waals surface area contributed by atoms with Crippen LogP contribution in [0.2, 0.25) is 0 Å². The van der Waals surface area contributed by atoms with Crippen LogP contribution >= 0.6 is 0 Å². The quantitative estimate of drug-likeness (QED) is 0.647. The molecular weight excluding hydrogens is 444 g/mol. The maximum Gasteiger partial charge on any atom is 0.243 e. The molecule has 6 nitrogen and oxygen atoms in total. The van der Waals surface area contributed by atoms with Crippen LogP contribution in [0.3, 0.4) is 0 Å². The topological polar surface area (TPSA) is 74.8 Å². The van der Waals surface area contributed by atoms with Crippen molar-refractivity contribution in [2.45, 2.75) is 23.6 Å². The number of sulfonamides is 2. The molecule has 4 rings (SSSR count). The summed E-state index contributed by atoms with van der Waals surface area (Å²) >= 11 is 0. The van der Waals surface area contributed by atoms with Crippen molar-refractivity contribution in [3.8, 4) is 11.8 Å². The van der Waals surface area contributed by atoms with E-state index in [9.17, 15) is 16.8 Å². The lowest BCUT2D eigenvalue weighted by molar-refractivity contribution is 0.485. The third-order valence-electron chi connectivity index (χ3n) is 5.48. The Labute approximate surface area is 190 Å². The fourth-order valence-electron chi connectivity index (χ4n) is 3.49. The van der Waals surface area contributed by atoms with Crippen LogP contribution in [0.25, 0.3) is 0 Å². The van der Waals surface area contributed by atoms with Gasteiger partial charge in [0.2, 0.25) is 20.0 Å². The Morgan fingerprint density at radius 1 is 0.625 bits per heavy atom. The van der Waals surface area contributed by atoms with Gasteiger partial charge in [0.25, 0.3) is 0 Å². The molecule has 0 N–H and O–H groups in total. The first-order valence-corrected chi connectivity index (χ1v) is 13.1. The van der Waals surface area contributed by atoms with Crippen LogP contribution < -0.4 is 0 Å². The summed E-state index contributed by atoms with van der Waals surface area (Å²) in [6.07, 6.45) is 3.60. The summed E-state index contributed by atoms with van der Waals surface area (Å²) in [6.45, 7) is 4.78. The molecule has 0 radical (unpaired) electrons. The molecule has 2 aromatic carbocycles. The molecule has 8 heteroatoms. The van der Waals surface area contributed by atoms with Crippen LogP contribution in [0.15, 0.2) is 81.6 Å². The minimum absolute atomic E-state index is 0.210. The number of benzene rings is 2. The second kappa shape index (κ2) is 8.68. The molecule has 0 saturated carbocycles. The zero-order valence-corrected chi connectivity index (χ0v) is 19.6. The lowest BCUT2D eigenvalue weighted by Gasteiger charge is -2.16. The summed E-state index contributed by atoms with van der Waals surface area (Å²) < 4.78 is 54.1. The van der Waals surface area contributed by atoms with E-state index in [2.05, 4.69) is 11.8 Å². The number of hydrogen-bond acceptors (Lipinski definition) is 4. The maximum absolute atomic E-state index is 12.8. The van der Waals surface area contributed by atoms with E-state index in [1.165, 1.54) is 8.61 Å². The summed E-state index contributed by atoms with van der Waals surface area (Å²) in [7, 11) is -7.15. The monoisotopic (exact) mass is 468 g/mol. The molecule has 0 aromatic heterocycles. The Morgan fingerprint density at radius 3 is 1.31 bits per heavy atom. The first-order chi connectivity index (χ1) is 15.2. The number of hydrogen-bond donors (Lipinski definition) is 0. The van der Waals surface area contributed by atoms with Crippen LogP contribution in [0.5, 0.6) is 0 Å². The van der Waals surface area contributed by atoms with Crippen molar-refractivity contribution in [3.05, 3.63) is 83.0 Å². The second-order valence-corrected chi connectivity index (χ2v) is 11.8. The Bertz CT molecular complexity index is 1250. The van der Waals surface area contributed by atoms with E-state index in [1.807, 2.05) is 13.8 Å². The molecule has 2 aliphatic rings. The van der Waals surface area contributed by atoms with Crippen molar-refractivity contribution >= 4 is 20.0 Å². The molecular formula is C24H24N2O4S2. The summed E-state index contributed by atoms with van der Waals surface area (Å²) in [5, 5.41) is 0. The highest BCUT2D eigenvalue weighted by atomic mass is 32.2. The van der Waals surface area contributed by atoms with Crippen LogP contribution in [-0.4, -0.2) is 51.6 Å². The molecule has 2 heterocycles. The zero-order chi connectivity index (χ0) is 22.9. The van der Waals surface area contributed by atoms with Gasteiger partial charge in [-0.3, -0.25) is 0 Å². The standard InChI is InChI=1S/C24H24N2O4S2/c1-19-3-9-23(10-4-19)31(27,28)25-15-13-21(17-25)7-8-22-14-16-26(18-22)32(29,30)24-11-5-20(2)6-12-24/h3-6,9-14H,15-18H2,1-2H3. The Morgan fingerprint density at radius 2 is 0.969 bits per heavy atom. The zero-order valence-electron chi connectivity index (χ0n) is 17.9. The summed E-state index contributed by atoms with van der Waals surface area (Å²) in [4.78, 5) is 0.530. The average Bonchev–Trinajstić information content (AvgIpc) is 3.43. The smallest absolute Gasteiger partial charge is 0.207 e. The third kappa shape index (κ3) is 4.57. The molecule has 0 unspecified atom stereocenters. The predicted molar refractivity (Wildman–Crippen MR) is 124 cm³/mol. The molecule has 0 saturated heterocycles. The fourth-order valence-corrected chi connectivity index (χ4v) is 6.20. The van der Waals surface area contributed by atoms with Crippen molar-refractivity contribution in [2.24, 2.45) is 0 Å². The van der Waals surface area contributed by atoms with E-state index >= 15 is 0 Å². The summed E-state index contributed by atoms with van der Waals surface area (Å²) in [6, 6.07) is 13.6. The number of nitrogens with zero attached hydrogens (tertiary/aromatic N) is 2. The molecule has 0 spiro atoms. The fraction of sp³-hybridized carbons (Fsp3) is 0.250. The molecule has 0 bridgehead atoms. The molecule has 2 aliphatic heterocycles. The van der Waals surface area contributed by atoms with Gasteiger partial charge in [-0.1, -0.05) is 59.4 Å². The van der Waals surface area contributed by atoms with Gasteiger partial charge in [-0.15, -0.1) is 0 Å². The highest BCUT2D eigenvalue weighted by Gasteiger charge is 2.29. The van der Waals surface area contributed by atoms with Gasteiger partial charge < -0.3 is 0 Å². The van der Waals surface area contributed by atoms with Gasteiger partial charge in [0.15, 0.2) is 0 Å². The number of aryl methyl sites for hydroxylation is 2. The van der Waals surface area contributed by atoms with Gasteiger partial charge in [0.05, 0.1) is 9.79 Å². The summed E-state index contributed by atoms with van der Waals surface area (Å²) in [5.74, 6) is 6.04. The Kier molecular flexibility index (Phi) is 6.10. The van der Waals surface area contributed by atoms with Crippen molar-refractivity contribution in [2.75, 3.05) is 26.2 Å². The molecule has 0 aliphatic carbocycles. The number of rotatable bonds is 4. The predicted octanol–water partition coefficient (Wildman–Crippen LogP) is 2.87. The van der Waals surface area contributed by atoms with Crippen LogP contribution in [0.1, 0.15) is 11.1 Å². The van der Waals surface area contributed by atoms with Crippen molar-refractivity contribution in [1.82, 2.24) is 8.61 Å². The molecule has 0 amide bonds. The van der Waals surface area contributed by atoms with E-state index in [0.29, 0.717) is 11.1 Å². The third-order valence-corrected chi connectivity index (χ3v) is 9.13. The first kappa shape index (κ1) is 22.5. The van der Waals surface area contributed by atoms with Gasteiger partial charge >= 0.3 is 0 Å². The van der Waals surface area contributed by atoms with Gasteiger partial charge in [0, 0.05) is 37.3 Å². The van der Waals surface area contributed by atoms with Crippen LogP contribution in [0.4, 0.5) is 0 Å². The van der Waals surface area contributed by atoms with E-state index < -0.39 is 20.0 Å². The molecule has 32 heavy (non-hydrogen) atoms.